The fraction of sp³-hybridized carbons (Fsp3) is 0.652. The molecule has 1 aliphatic rings. The van der Waals surface area contributed by atoms with Crippen molar-refractivity contribution in [3.05, 3.63) is 34.9 Å². The Labute approximate surface area is 154 Å². The minimum absolute atomic E-state index is 0.118. The molecule has 2 heteroatoms. The van der Waals surface area contributed by atoms with Crippen molar-refractivity contribution in [3.8, 4) is 11.5 Å². The molecule has 2 N–H and O–H groups in total. The van der Waals surface area contributed by atoms with E-state index in [2.05, 4.69) is 33.8 Å². The summed E-state index contributed by atoms with van der Waals surface area (Å²) >= 11 is 0. The van der Waals surface area contributed by atoms with Gasteiger partial charge in [0.1, 0.15) is 11.5 Å². The van der Waals surface area contributed by atoms with E-state index in [9.17, 15) is 10.2 Å². The first-order chi connectivity index (χ1) is 11.9. The molecule has 2 nitrogen and oxygen atoms in total. The molecular weight excluding hydrogens is 308 g/mol. The second-order valence-corrected chi connectivity index (χ2v) is 8.20. The van der Waals surface area contributed by atoms with E-state index in [4.69, 9.17) is 0 Å². The van der Waals surface area contributed by atoms with Gasteiger partial charge in [-0.15, -0.1) is 0 Å². The Morgan fingerprint density at radius 3 is 2.28 bits per heavy atom. The van der Waals surface area contributed by atoms with Crippen molar-refractivity contribution in [2.45, 2.75) is 85.0 Å². The van der Waals surface area contributed by atoms with Crippen LogP contribution in [0, 0.1) is 11.8 Å². The van der Waals surface area contributed by atoms with Crippen LogP contribution in [-0.4, -0.2) is 10.2 Å². The third-order valence-electron chi connectivity index (χ3n) is 5.75. The van der Waals surface area contributed by atoms with Gasteiger partial charge in [0.05, 0.1) is 0 Å². The summed E-state index contributed by atoms with van der Waals surface area (Å²) in [5.74, 6) is 1.66. The van der Waals surface area contributed by atoms with Crippen molar-refractivity contribution >= 4 is 0 Å². The van der Waals surface area contributed by atoms with Crippen molar-refractivity contribution < 1.29 is 10.2 Å². The lowest BCUT2D eigenvalue weighted by molar-refractivity contribution is 0.304. The number of aromatic hydroxyl groups is 2. The minimum atomic E-state index is 0.118. The van der Waals surface area contributed by atoms with Gasteiger partial charge in [0.15, 0.2) is 0 Å². The van der Waals surface area contributed by atoms with Crippen LogP contribution < -0.4 is 0 Å². The van der Waals surface area contributed by atoms with Crippen molar-refractivity contribution in [2.75, 3.05) is 0 Å². The summed E-state index contributed by atoms with van der Waals surface area (Å²) in [7, 11) is 0. The topological polar surface area (TPSA) is 40.5 Å². The van der Waals surface area contributed by atoms with Gasteiger partial charge in [0, 0.05) is 11.5 Å². The molecule has 2 atom stereocenters. The summed E-state index contributed by atoms with van der Waals surface area (Å²) in [6.07, 6.45) is 11.6. The van der Waals surface area contributed by atoms with Gasteiger partial charge in [-0.3, -0.25) is 0 Å². The largest absolute Gasteiger partial charge is 0.507 e. The van der Waals surface area contributed by atoms with Gasteiger partial charge >= 0.3 is 0 Å². The van der Waals surface area contributed by atoms with Crippen LogP contribution in [-0.2, 0) is 6.42 Å². The van der Waals surface area contributed by atoms with Gasteiger partial charge in [-0.05, 0) is 62.1 Å². The fourth-order valence-electron chi connectivity index (χ4n) is 4.23. The second-order valence-electron chi connectivity index (χ2n) is 8.20. The molecule has 2 rings (SSSR count). The predicted octanol–water partition coefficient (Wildman–Crippen LogP) is 6.71. The average Bonchev–Trinajstić information content (AvgIpc) is 2.54. The monoisotopic (exact) mass is 344 g/mol. The summed E-state index contributed by atoms with van der Waals surface area (Å²) in [4.78, 5) is 0. The molecule has 0 unspecified atom stereocenters. The summed E-state index contributed by atoms with van der Waals surface area (Å²) in [6, 6.07) is 3.76. The molecule has 1 aromatic rings. The Kier molecular flexibility index (Phi) is 7.40. The molecule has 0 fully saturated rings. The normalized spacial score (nSPS) is 20.8. The molecule has 0 amide bonds. The van der Waals surface area contributed by atoms with Crippen LogP contribution in [0.3, 0.4) is 0 Å². The molecule has 0 saturated carbocycles. The molecule has 1 aliphatic carbocycles. The quantitative estimate of drug-likeness (QED) is 0.406. The van der Waals surface area contributed by atoms with E-state index >= 15 is 0 Å². The number of phenols is 2. The average molecular weight is 345 g/mol. The zero-order valence-electron chi connectivity index (χ0n) is 16.5. The molecule has 0 bridgehead atoms. The zero-order chi connectivity index (χ0) is 18.4. The third kappa shape index (κ3) is 5.26. The predicted molar refractivity (Wildman–Crippen MR) is 106 cm³/mol. The fourth-order valence-corrected chi connectivity index (χ4v) is 4.23. The van der Waals surface area contributed by atoms with Crippen molar-refractivity contribution in [2.24, 2.45) is 11.8 Å². The van der Waals surface area contributed by atoms with E-state index < -0.39 is 0 Å². The maximum absolute atomic E-state index is 10.7. The van der Waals surface area contributed by atoms with E-state index in [-0.39, 0.29) is 17.4 Å². The number of hydrogen-bond acceptors (Lipinski definition) is 2. The molecule has 1 aromatic carbocycles. The Morgan fingerprint density at radius 2 is 1.68 bits per heavy atom. The van der Waals surface area contributed by atoms with Gasteiger partial charge in [0.25, 0.3) is 0 Å². The first-order valence-electron chi connectivity index (χ1n) is 10.2. The number of aryl methyl sites for hydroxylation is 1. The lowest BCUT2D eigenvalue weighted by Gasteiger charge is -2.33. The smallest absolute Gasteiger partial charge is 0.123 e. The summed E-state index contributed by atoms with van der Waals surface area (Å²) in [5, 5.41) is 21.3. The van der Waals surface area contributed by atoms with Gasteiger partial charge in [-0.1, -0.05) is 58.1 Å². The molecule has 0 aliphatic heterocycles. The van der Waals surface area contributed by atoms with Gasteiger partial charge in [0.2, 0.25) is 0 Å². The number of rotatable bonds is 8. The van der Waals surface area contributed by atoms with Crippen molar-refractivity contribution in [1.82, 2.24) is 0 Å². The van der Waals surface area contributed by atoms with Crippen LogP contribution in [0.1, 0.15) is 89.7 Å². The van der Waals surface area contributed by atoms with Crippen molar-refractivity contribution in [3.63, 3.8) is 0 Å². The SMILES string of the molecule is CCCCCCCc1cc(O)c([C@@H]2C=C(C)CC[C@H]2C(C)C)c(O)c1. The Balaban J connectivity index is 2.17. The molecule has 0 saturated heterocycles. The standard InChI is InChI=1S/C23H36O2/c1-5-6-7-8-9-10-18-14-21(24)23(22(25)15-18)20-13-17(4)11-12-19(20)16(2)3/h13-16,19-20,24-25H,5-12H2,1-4H3/t19-,20+/m0/s1. The molecule has 0 spiro atoms. The van der Waals surface area contributed by atoms with Gasteiger partial charge in [-0.25, -0.2) is 0 Å². The van der Waals surface area contributed by atoms with E-state index in [1.54, 1.807) is 0 Å². The highest BCUT2D eigenvalue weighted by molar-refractivity contribution is 5.51. The number of phenolic OH excluding ortho intramolecular Hbond substituents is 2. The van der Waals surface area contributed by atoms with E-state index in [1.165, 1.54) is 31.3 Å². The maximum atomic E-state index is 10.7. The van der Waals surface area contributed by atoms with E-state index in [0.29, 0.717) is 11.8 Å². The lowest BCUT2D eigenvalue weighted by atomic mass is 9.71. The van der Waals surface area contributed by atoms with Crippen molar-refractivity contribution in [1.29, 1.82) is 0 Å². The number of hydrogen-bond donors (Lipinski definition) is 2. The Hall–Kier alpha value is -1.44. The highest BCUT2D eigenvalue weighted by Gasteiger charge is 2.31. The Bertz CT molecular complexity index is 563. The molecular formula is C23H36O2. The van der Waals surface area contributed by atoms with Crippen LogP contribution in [0.15, 0.2) is 23.8 Å². The van der Waals surface area contributed by atoms with Crippen LogP contribution in [0.2, 0.25) is 0 Å². The second kappa shape index (κ2) is 9.31. The minimum Gasteiger partial charge on any atom is -0.507 e. The lowest BCUT2D eigenvalue weighted by Crippen LogP contribution is -2.21. The van der Waals surface area contributed by atoms with Crippen LogP contribution in [0.4, 0.5) is 0 Å². The molecule has 0 aromatic heterocycles. The van der Waals surface area contributed by atoms with Crippen LogP contribution in [0.5, 0.6) is 11.5 Å². The highest BCUT2D eigenvalue weighted by Crippen LogP contribution is 2.46. The first-order valence-corrected chi connectivity index (χ1v) is 10.2. The number of benzene rings is 1. The summed E-state index contributed by atoms with van der Waals surface area (Å²) < 4.78 is 0. The van der Waals surface area contributed by atoms with Gasteiger partial charge < -0.3 is 10.2 Å². The molecule has 25 heavy (non-hydrogen) atoms. The first kappa shape index (κ1) is 19.9. The summed E-state index contributed by atoms with van der Waals surface area (Å²) in [5.41, 5.74) is 3.14. The van der Waals surface area contributed by atoms with Gasteiger partial charge in [-0.2, -0.15) is 0 Å². The third-order valence-corrected chi connectivity index (χ3v) is 5.75. The zero-order valence-corrected chi connectivity index (χ0v) is 16.5. The van der Waals surface area contributed by atoms with E-state index in [0.717, 1.165) is 36.8 Å². The number of unbranched alkanes of at least 4 members (excludes halogenated alkanes) is 4. The number of allylic oxidation sites excluding steroid dienone is 2. The maximum Gasteiger partial charge on any atom is 0.123 e. The molecule has 140 valence electrons. The summed E-state index contributed by atoms with van der Waals surface area (Å²) in [6.45, 7) is 8.86. The van der Waals surface area contributed by atoms with Crippen LogP contribution in [0.25, 0.3) is 0 Å². The van der Waals surface area contributed by atoms with E-state index in [1.807, 2.05) is 12.1 Å². The molecule has 0 heterocycles. The Morgan fingerprint density at radius 1 is 1.04 bits per heavy atom. The van der Waals surface area contributed by atoms with Crippen LogP contribution >= 0.6 is 0 Å². The highest BCUT2D eigenvalue weighted by atomic mass is 16.3. The molecule has 0 radical (unpaired) electrons.